The van der Waals surface area contributed by atoms with Crippen LogP contribution in [0.1, 0.15) is 42.5 Å². The highest BCUT2D eigenvalue weighted by Crippen LogP contribution is 2.41. The molecule has 0 radical (unpaired) electrons. The third kappa shape index (κ3) is 11.5. The number of nitrogens with one attached hydrogen (secondary N) is 2. The Balaban J connectivity index is 1.65. The molecule has 1 fully saturated rings. The van der Waals surface area contributed by atoms with Gasteiger partial charge in [0.05, 0.1) is 18.2 Å². The molecule has 2 aromatic carbocycles. The van der Waals surface area contributed by atoms with Crippen LogP contribution in [0, 0.1) is 12.3 Å². The first-order valence-corrected chi connectivity index (χ1v) is 16.2. The molecular formula is C33H42N2O11S. The van der Waals surface area contributed by atoms with Crippen LogP contribution in [0.3, 0.4) is 0 Å². The Hall–Kier alpha value is -3.68. The Morgan fingerprint density at radius 3 is 2.49 bits per heavy atom. The number of aliphatic hydroxyl groups excluding tert-OH is 4. The fourth-order valence-corrected chi connectivity index (χ4v) is 6.21. The highest BCUT2D eigenvalue weighted by atomic mass is 32.2. The van der Waals surface area contributed by atoms with E-state index in [0.29, 0.717) is 30.3 Å². The summed E-state index contributed by atoms with van der Waals surface area (Å²) in [6, 6.07) is 13.9. The van der Waals surface area contributed by atoms with E-state index in [9.17, 15) is 39.9 Å². The lowest BCUT2D eigenvalue weighted by molar-refractivity contribution is -0.203. The lowest BCUT2D eigenvalue weighted by atomic mass is 9.89. The maximum atomic E-state index is 12.9. The molecule has 1 heterocycles. The SMILES string of the molecule is C#CCOCCCCCCS[C@]1(C(=O)O)C[C@H](O)[C@@H](NC(=O)CO)[C@H]([C@H](O)[C@H](O)CNC(=O)c2cccc(Oc3ccccc3)c2)O1. The van der Waals surface area contributed by atoms with Crippen molar-refractivity contribution in [3.63, 3.8) is 0 Å². The van der Waals surface area contributed by atoms with E-state index in [1.807, 2.05) is 6.07 Å². The standard InChI is InChI=1S/C33H42N2O11S/c1-2-15-44-16-8-3-4-9-17-47-33(32(42)43)19-25(37)28(35-27(39)21-36)30(46-33)29(40)26(38)20-34-31(41)22-11-10-14-24(18-22)45-23-12-6-5-7-13-23/h1,5-7,10-14,18,25-26,28-30,36-38,40H,3-4,8-9,15-17,19-21H2,(H,34,41)(H,35,39)(H,42,43)/t25-,26+,28+,29+,30+,33-/m0/s1. The summed E-state index contributed by atoms with van der Waals surface area (Å²) in [5.74, 6) is 0.784. The number of carbonyl (C=O) groups is 3. The molecule has 0 spiro atoms. The number of ether oxygens (including phenoxy) is 3. The molecule has 0 saturated carbocycles. The normalized spacial score (nSPS) is 22.0. The second-order valence-electron chi connectivity index (χ2n) is 10.9. The molecule has 47 heavy (non-hydrogen) atoms. The number of terminal acetylenes is 1. The van der Waals surface area contributed by atoms with Gasteiger partial charge in [-0.2, -0.15) is 0 Å². The Kier molecular flexibility index (Phi) is 15.4. The van der Waals surface area contributed by atoms with E-state index in [4.69, 9.17) is 20.6 Å². The summed E-state index contributed by atoms with van der Waals surface area (Å²) >= 11 is 0.930. The van der Waals surface area contributed by atoms with E-state index in [1.165, 1.54) is 12.1 Å². The highest BCUT2D eigenvalue weighted by molar-refractivity contribution is 8.01. The van der Waals surface area contributed by atoms with Crippen molar-refractivity contribution < 1.29 is 54.1 Å². The molecule has 0 bridgehead atoms. The molecule has 0 aliphatic carbocycles. The Morgan fingerprint density at radius 2 is 1.79 bits per heavy atom. The van der Waals surface area contributed by atoms with Crippen LogP contribution in [0.15, 0.2) is 54.6 Å². The average Bonchev–Trinajstić information content (AvgIpc) is 3.07. The van der Waals surface area contributed by atoms with Crippen LogP contribution in [0.2, 0.25) is 0 Å². The predicted molar refractivity (Wildman–Crippen MR) is 173 cm³/mol. The third-order valence-corrected chi connectivity index (χ3v) is 8.75. The number of aliphatic hydroxyl groups is 4. The van der Waals surface area contributed by atoms with E-state index in [0.717, 1.165) is 31.0 Å². The molecule has 14 heteroatoms. The maximum Gasteiger partial charge on any atom is 0.346 e. The van der Waals surface area contributed by atoms with Crippen molar-refractivity contribution in [2.24, 2.45) is 0 Å². The average molecular weight is 675 g/mol. The Morgan fingerprint density at radius 1 is 1.06 bits per heavy atom. The molecule has 6 atom stereocenters. The molecule has 2 aromatic rings. The number of thioether (sulfide) groups is 1. The number of hydrogen-bond donors (Lipinski definition) is 7. The number of benzene rings is 2. The minimum absolute atomic E-state index is 0.207. The van der Waals surface area contributed by atoms with Crippen molar-refractivity contribution in [3.05, 3.63) is 60.2 Å². The number of carboxylic acid groups (broad SMARTS) is 1. The first kappa shape index (κ1) is 37.8. The number of unbranched alkanes of at least 4 members (excludes halogenated alkanes) is 3. The summed E-state index contributed by atoms with van der Waals surface area (Å²) in [4.78, 5) is 35.4. The van der Waals surface area contributed by atoms with Crippen LogP contribution >= 0.6 is 11.8 Å². The molecule has 1 saturated heterocycles. The molecule has 256 valence electrons. The van der Waals surface area contributed by atoms with Crippen molar-refractivity contribution in [3.8, 4) is 23.8 Å². The minimum atomic E-state index is -2.01. The first-order valence-electron chi connectivity index (χ1n) is 15.2. The molecule has 0 aromatic heterocycles. The molecule has 2 amide bonds. The fraction of sp³-hybridized carbons (Fsp3) is 0.485. The fourth-order valence-electron chi connectivity index (χ4n) is 4.94. The Bertz CT molecular complexity index is 1340. The minimum Gasteiger partial charge on any atom is -0.478 e. The van der Waals surface area contributed by atoms with Gasteiger partial charge in [0.15, 0.2) is 0 Å². The number of carbonyl (C=O) groups excluding carboxylic acids is 2. The zero-order chi connectivity index (χ0) is 34.2. The van der Waals surface area contributed by atoms with Crippen molar-refractivity contribution in [1.29, 1.82) is 0 Å². The van der Waals surface area contributed by atoms with E-state index >= 15 is 0 Å². The number of carboxylic acids is 1. The second-order valence-corrected chi connectivity index (χ2v) is 12.3. The van der Waals surface area contributed by atoms with Gasteiger partial charge in [0.1, 0.15) is 36.9 Å². The van der Waals surface area contributed by atoms with Gasteiger partial charge in [0.2, 0.25) is 10.8 Å². The summed E-state index contributed by atoms with van der Waals surface area (Å²) in [5, 5.41) is 57.3. The molecule has 7 N–H and O–H groups in total. The lowest BCUT2D eigenvalue weighted by Gasteiger charge is -2.46. The summed E-state index contributed by atoms with van der Waals surface area (Å²) in [6.45, 7) is -0.671. The first-order chi connectivity index (χ1) is 22.6. The van der Waals surface area contributed by atoms with Gasteiger partial charge in [-0.15, -0.1) is 18.2 Å². The van der Waals surface area contributed by atoms with Crippen LogP contribution in [0.25, 0.3) is 0 Å². The van der Waals surface area contributed by atoms with E-state index in [1.54, 1.807) is 36.4 Å². The number of amides is 2. The number of para-hydroxylation sites is 1. The van der Waals surface area contributed by atoms with Crippen LogP contribution in [-0.4, -0.2) is 111 Å². The second kappa shape index (κ2) is 19.2. The van der Waals surface area contributed by atoms with Crippen LogP contribution in [0.5, 0.6) is 11.5 Å². The zero-order valence-corrected chi connectivity index (χ0v) is 26.6. The van der Waals surface area contributed by atoms with Crippen molar-refractivity contribution in [2.75, 3.05) is 32.1 Å². The quantitative estimate of drug-likeness (QED) is 0.0832. The lowest BCUT2D eigenvalue weighted by Crippen LogP contribution is -2.67. The topological polar surface area (TPSA) is 204 Å². The molecule has 0 unspecified atom stereocenters. The van der Waals surface area contributed by atoms with E-state index < -0.39 is 72.7 Å². The largest absolute Gasteiger partial charge is 0.478 e. The molecular weight excluding hydrogens is 632 g/mol. The van der Waals surface area contributed by atoms with Gasteiger partial charge in [-0.05, 0) is 48.9 Å². The van der Waals surface area contributed by atoms with Gasteiger partial charge >= 0.3 is 5.97 Å². The third-order valence-electron chi connectivity index (χ3n) is 7.35. The maximum absolute atomic E-state index is 12.9. The smallest absolute Gasteiger partial charge is 0.346 e. The Labute approximate surface area is 277 Å². The summed E-state index contributed by atoms with van der Waals surface area (Å²) in [7, 11) is 0. The van der Waals surface area contributed by atoms with Gasteiger partial charge in [-0.3, -0.25) is 9.59 Å². The summed E-state index contributed by atoms with van der Waals surface area (Å²) in [5.41, 5.74) is 0.207. The number of rotatable bonds is 19. The van der Waals surface area contributed by atoms with Gasteiger partial charge in [-0.1, -0.05) is 43.0 Å². The predicted octanol–water partition coefficient (Wildman–Crippen LogP) is 1.28. The molecule has 3 rings (SSSR count). The van der Waals surface area contributed by atoms with Gasteiger partial charge in [-0.25, -0.2) is 4.79 Å². The summed E-state index contributed by atoms with van der Waals surface area (Å²) < 4.78 is 16.9. The van der Waals surface area contributed by atoms with E-state index in [2.05, 4.69) is 16.6 Å². The van der Waals surface area contributed by atoms with Crippen molar-refractivity contribution in [2.45, 2.75) is 67.5 Å². The van der Waals surface area contributed by atoms with Gasteiger partial charge in [0.25, 0.3) is 5.91 Å². The zero-order valence-electron chi connectivity index (χ0n) is 25.8. The summed E-state index contributed by atoms with van der Waals surface area (Å²) in [6.07, 6.45) is 0.981. The van der Waals surface area contributed by atoms with E-state index in [-0.39, 0.29) is 12.2 Å². The van der Waals surface area contributed by atoms with Crippen molar-refractivity contribution >= 4 is 29.5 Å². The van der Waals surface area contributed by atoms with Gasteiger partial charge in [0, 0.05) is 25.1 Å². The monoisotopic (exact) mass is 674 g/mol. The van der Waals surface area contributed by atoms with Crippen LogP contribution in [-0.2, 0) is 19.1 Å². The van der Waals surface area contributed by atoms with Crippen LogP contribution < -0.4 is 15.4 Å². The highest BCUT2D eigenvalue weighted by Gasteiger charge is 2.55. The molecule has 13 nitrogen and oxygen atoms in total. The number of hydrogen-bond acceptors (Lipinski definition) is 11. The van der Waals surface area contributed by atoms with Crippen molar-refractivity contribution in [1.82, 2.24) is 10.6 Å². The van der Waals surface area contributed by atoms with Crippen LogP contribution in [0.4, 0.5) is 0 Å². The molecule has 1 aliphatic heterocycles. The molecule has 1 aliphatic rings. The van der Waals surface area contributed by atoms with Gasteiger partial charge < -0.3 is 50.4 Å². The number of aliphatic carboxylic acids is 1.